The quantitative estimate of drug-likeness (QED) is 0.698. The molecule has 0 aromatic heterocycles. The van der Waals surface area contributed by atoms with Gasteiger partial charge in [-0.15, -0.1) is 11.8 Å². The molecule has 0 aliphatic rings. The van der Waals surface area contributed by atoms with Gasteiger partial charge in [-0.1, -0.05) is 35.0 Å². The molecule has 2 aromatic carbocycles. The number of hydrogen-bond donors (Lipinski definition) is 1. The lowest BCUT2D eigenvalue weighted by Gasteiger charge is -2.17. The van der Waals surface area contributed by atoms with E-state index in [1.165, 1.54) is 17.7 Å². The minimum absolute atomic E-state index is 0.183. The van der Waals surface area contributed by atoms with Gasteiger partial charge in [0.15, 0.2) is 0 Å². The number of hydrogen-bond acceptors (Lipinski definition) is 2. The average Bonchev–Trinajstić information content (AvgIpc) is 2.49. The minimum atomic E-state index is -0.183. The molecule has 1 unspecified atom stereocenters. The maximum Gasteiger partial charge on any atom is 0.123 e. The highest BCUT2D eigenvalue weighted by atomic mass is 79.9. The molecule has 112 valence electrons. The van der Waals surface area contributed by atoms with Crippen molar-refractivity contribution >= 4 is 27.7 Å². The van der Waals surface area contributed by atoms with Gasteiger partial charge in [0, 0.05) is 21.2 Å². The summed E-state index contributed by atoms with van der Waals surface area (Å²) in [5.41, 5.74) is 1.32. The number of rotatable bonds is 7. The Labute approximate surface area is 138 Å². The van der Waals surface area contributed by atoms with E-state index in [0.717, 1.165) is 28.1 Å². The highest BCUT2D eigenvalue weighted by Crippen LogP contribution is 2.20. The number of nitrogens with one attached hydrogen (secondary N) is 1. The first kappa shape index (κ1) is 16.5. The van der Waals surface area contributed by atoms with Crippen LogP contribution < -0.4 is 5.32 Å². The van der Waals surface area contributed by atoms with E-state index >= 15 is 0 Å². The van der Waals surface area contributed by atoms with Crippen molar-refractivity contribution in [1.82, 2.24) is 5.32 Å². The Kier molecular flexibility index (Phi) is 6.74. The molecule has 0 aliphatic carbocycles. The van der Waals surface area contributed by atoms with Crippen molar-refractivity contribution in [3.63, 3.8) is 0 Å². The van der Waals surface area contributed by atoms with Crippen molar-refractivity contribution in [2.75, 3.05) is 12.3 Å². The normalized spacial score (nSPS) is 12.3. The van der Waals surface area contributed by atoms with Crippen LogP contribution in [0.5, 0.6) is 0 Å². The van der Waals surface area contributed by atoms with Crippen molar-refractivity contribution in [3.05, 3.63) is 64.4 Å². The topological polar surface area (TPSA) is 12.0 Å². The average molecular weight is 368 g/mol. The second-order valence-corrected chi connectivity index (χ2v) is 6.86. The minimum Gasteiger partial charge on any atom is -0.313 e. The molecule has 0 fully saturated rings. The summed E-state index contributed by atoms with van der Waals surface area (Å²) in [6.45, 7) is 3.07. The highest BCUT2D eigenvalue weighted by molar-refractivity contribution is 9.10. The van der Waals surface area contributed by atoms with E-state index in [2.05, 4.69) is 52.4 Å². The number of halogens is 2. The van der Waals surface area contributed by atoms with Crippen molar-refractivity contribution in [3.8, 4) is 0 Å². The summed E-state index contributed by atoms with van der Waals surface area (Å²) in [6.07, 6.45) is 0.995. The van der Waals surface area contributed by atoms with Crippen LogP contribution in [0.2, 0.25) is 0 Å². The molecule has 0 radical (unpaired) electrons. The van der Waals surface area contributed by atoms with Crippen LogP contribution in [0.15, 0.2) is 57.9 Å². The van der Waals surface area contributed by atoms with E-state index in [-0.39, 0.29) is 5.82 Å². The fourth-order valence-electron chi connectivity index (χ4n) is 2.11. The molecular formula is C17H19BrFNS. The van der Waals surface area contributed by atoms with Gasteiger partial charge in [-0.3, -0.25) is 0 Å². The SMILES string of the molecule is CCNC(CSc1ccc(F)cc1)Cc1ccc(Br)cc1. The van der Waals surface area contributed by atoms with E-state index in [1.807, 2.05) is 12.1 Å². The summed E-state index contributed by atoms with van der Waals surface area (Å²) in [4.78, 5) is 1.11. The van der Waals surface area contributed by atoms with Crippen LogP contribution >= 0.6 is 27.7 Å². The summed E-state index contributed by atoms with van der Waals surface area (Å²) in [5.74, 6) is 0.785. The zero-order valence-corrected chi connectivity index (χ0v) is 14.4. The number of benzene rings is 2. The zero-order chi connectivity index (χ0) is 15.1. The van der Waals surface area contributed by atoms with Crippen LogP contribution in [-0.2, 0) is 6.42 Å². The van der Waals surface area contributed by atoms with Gasteiger partial charge in [-0.05, 0) is 54.9 Å². The lowest BCUT2D eigenvalue weighted by Crippen LogP contribution is -2.33. The Bertz CT molecular complexity index is 542. The molecule has 0 heterocycles. The molecule has 2 aromatic rings. The third kappa shape index (κ3) is 5.81. The van der Waals surface area contributed by atoms with Gasteiger partial charge in [0.05, 0.1) is 0 Å². The summed E-state index contributed by atoms with van der Waals surface area (Å²) in [7, 11) is 0. The maximum atomic E-state index is 12.9. The summed E-state index contributed by atoms with van der Waals surface area (Å²) < 4.78 is 14.0. The second kappa shape index (κ2) is 8.57. The smallest absolute Gasteiger partial charge is 0.123 e. The van der Waals surface area contributed by atoms with Crippen LogP contribution in [0, 0.1) is 5.82 Å². The first-order chi connectivity index (χ1) is 10.2. The third-order valence-corrected chi connectivity index (χ3v) is 4.86. The van der Waals surface area contributed by atoms with Gasteiger partial charge in [0.2, 0.25) is 0 Å². The standard InChI is InChI=1S/C17H19BrFNS/c1-2-20-16(11-13-3-5-14(18)6-4-13)12-21-17-9-7-15(19)8-10-17/h3-10,16,20H,2,11-12H2,1H3. The molecule has 0 saturated heterocycles. The fraction of sp³-hybridized carbons (Fsp3) is 0.294. The first-order valence-corrected chi connectivity index (χ1v) is 8.81. The molecule has 0 amide bonds. The molecule has 0 saturated carbocycles. The van der Waals surface area contributed by atoms with Crippen molar-refractivity contribution in [2.24, 2.45) is 0 Å². The summed E-state index contributed by atoms with van der Waals surface area (Å²) >= 11 is 5.22. The number of likely N-dealkylation sites (N-methyl/N-ethyl adjacent to an activating group) is 1. The van der Waals surface area contributed by atoms with E-state index < -0.39 is 0 Å². The third-order valence-electron chi connectivity index (χ3n) is 3.15. The van der Waals surface area contributed by atoms with Crippen molar-refractivity contribution in [2.45, 2.75) is 24.3 Å². The Morgan fingerprint density at radius 1 is 1.10 bits per heavy atom. The van der Waals surface area contributed by atoms with Gasteiger partial charge in [0.25, 0.3) is 0 Å². The van der Waals surface area contributed by atoms with E-state index in [4.69, 9.17) is 0 Å². The monoisotopic (exact) mass is 367 g/mol. The molecule has 21 heavy (non-hydrogen) atoms. The van der Waals surface area contributed by atoms with Crippen LogP contribution in [0.1, 0.15) is 12.5 Å². The molecule has 0 aliphatic heterocycles. The predicted octanol–water partition coefficient (Wildman–Crippen LogP) is 4.90. The highest BCUT2D eigenvalue weighted by Gasteiger charge is 2.09. The van der Waals surface area contributed by atoms with Gasteiger partial charge >= 0.3 is 0 Å². The Balaban J connectivity index is 1.92. The van der Waals surface area contributed by atoms with Crippen molar-refractivity contribution in [1.29, 1.82) is 0 Å². The molecule has 1 nitrogen and oxygen atoms in total. The largest absolute Gasteiger partial charge is 0.313 e. The summed E-state index contributed by atoms with van der Waals surface area (Å²) in [5, 5.41) is 3.52. The van der Waals surface area contributed by atoms with Gasteiger partial charge < -0.3 is 5.32 Å². The molecule has 4 heteroatoms. The van der Waals surface area contributed by atoms with E-state index in [0.29, 0.717) is 6.04 Å². The molecule has 2 rings (SSSR count). The van der Waals surface area contributed by atoms with E-state index in [1.54, 1.807) is 11.8 Å². The van der Waals surface area contributed by atoms with Crippen LogP contribution in [0.4, 0.5) is 4.39 Å². The molecular weight excluding hydrogens is 349 g/mol. The van der Waals surface area contributed by atoms with Gasteiger partial charge in [-0.25, -0.2) is 4.39 Å². The Morgan fingerprint density at radius 2 is 1.76 bits per heavy atom. The Morgan fingerprint density at radius 3 is 2.38 bits per heavy atom. The van der Waals surface area contributed by atoms with Crippen molar-refractivity contribution < 1.29 is 4.39 Å². The van der Waals surface area contributed by atoms with Gasteiger partial charge in [-0.2, -0.15) is 0 Å². The van der Waals surface area contributed by atoms with Crippen LogP contribution in [0.3, 0.4) is 0 Å². The Hall–Kier alpha value is -0.840. The maximum absolute atomic E-state index is 12.9. The molecule has 1 N–H and O–H groups in total. The van der Waals surface area contributed by atoms with Gasteiger partial charge in [0.1, 0.15) is 5.82 Å². The predicted molar refractivity (Wildman–Crippen MR) is 92.4 cm³/mol. The second-order valence-electron chi connectivity index (χ2n) is 4.85. The fourth-order valence-corrected chi connectivity index (χ4v) is 3.33. The lowest BCUT2D eigenvalue weighted by atomic mass is 10.1. The van der Waals surface area contributed by atoms with Crippen LogP contribution in [0.25, 0.3) is 0 Å². The molecule has 0 spiro atoms. The molecule has 0 bridgehead atoms. The van der Waals surface area contributed by atoms with E-state index in [9.17, 15) is 4.39 Å². The lowest BCUT2D eigenvalue weighted by molar-refractivity contribution is 0.572. The summed E-state index contributed by atoms with van der Waals surface area (Å²) in [6, 6.07) is 15.6. The number of thioether (sulfide) groups is 1. The molecule has 1 atom stereocenters. The zero-order valence-electron chi connectivity index (χ0n) is 12.0. The first-order valence-electron chi connectivity index (χ1n) is 7.03. The van der Waals surface area contributed by atoms with Crippen LogP contribution in [-0.4, -0.2) is 18.3 Å².